The van der Waals surface area contributed by atoms with Gasteiger partial charge in [-0.3, -0.25) is 14.9 Å². The number of carbonyl (C=O) groups is 5. The molecule has 3 aliphatic heterocycles. The molecule has 17 heteroatoms. The van der Waals surface area contributed by atoms with Crippen molar-refractivity contribution in [2.45, 2.75) is 115 Å². The summed E-state index contributed by atoms with van der Waals surface area (Å²) in [5.74, 6) is -0.150. The van der Waals surface area contributed by atoms with Gasteiger partial charge in [0.25, 0.3) is 0 Å². The Kier molecular flexibility index (Phi) is 16.4. The lowest BCUT2D eigenvalue weighted by molar-refractivity contribution is -0.162. The van der Waals surface area contributed by atoms with Crippen LogP contribution in [-0.2, 0) is 44.5 Å². The van der Waals surface area contributed by atoms with Gasteiger partial charge in [0.2, 0.25) is 11.8 Å². The molecule has 1 aromatic rings. The SMILES string of the molecule is COc1cc2cc(c1Cl)N(C)C(=O)C[C@@H](OC(=O)[C@@H](C)N(C)C(=O)CCSSCCCC(C)=O)[C@@]1(C)O[C@@H]1[C@@H](C)[C@H]1C[C@](O)(NC(=O)O1)[C@@H](OC)/C=C/C=C(\C)C2. The molecular weight excluding hydrogens is 798 g/mol. The number of Topliss-reactive ketones (excluding diaryl/α,β-unsaturated/α-hetero) is 1. The van der Waals surface area contributed by atoms with Gasteiger partial charge < -0.3 is 43.4 Å². The molecule has 0 aliphatic carbocycles. The van der Waals surface area contributed by atoms with E-state index >= 15 is 0 Å². The number of aliphatic hydroxyl groups is 1. The first-order chi connectivity index (χ1) is 26.8. The fraction of sp³-hybridized carbons (Fsp3) is 0.625. The van der Waals surface area contributed by atoms with Crippen LogP contribution in [0.4, 0.5) is 10.5 Å². The highest BCUT2D eigenvalue weighted by atomic mass is 35.5. The van der Waals surface area contributed by atoms with Gasteiger partial charge in [-0.1, -0.05) is 63.9 Å². The number of methoxy groups -OCH3 is 2. The summed E-state index contributed by atoms with van der Waals surface area (Å²) >= 11 is 6.77. The number of halogens is 1. The number of ether oxygens (including phenoxy) is 5. The number of hydrogen-bond acceptors (Lipinski definition) is 13. The van der Waals surface area contributed by atoms with Crippen LogP contribution in [-0.4, -0.2) is 121 Å². The molecule has 3 aliphatic rings. The number of anilines is 1. The molecule has 14 nitrogen and oxygen atoms in total. The molecule has 0 spiro atoms. The number of ketones is 1. The Bertz CT molecular complexity index is 1730. The maximum atomic E-state index is 14.2. The Balaban J connectivity index is 1.63. The minimum Gasteiger partial charge on any atom is -0.495 e. The average molecular weight is 854 g/mol. The number of carbonyl (C=O) groups excluding carboxylic acids is 5. The minimum atomic E-state index is -1.84. The van der Waals surface area contributed by atoms with Gasteiger partial charge in [-0.2, -0.15) is 0 Å². The van der Waals surface area contributed by atoms with Crippen LogP contribution in [0.15, 0.2) is 35.9 Å². The number of nitrogens with zero attached hydrogens (tertiary/aromatic N) is 2. The van der Waals surface area contributed by atoms with Gasteiger partial charge in [-0.15, -0.1) is 0 Å². The molecule has 57 heavy (non-hydrogen) atoms. The summed E-state index contributed by atoms with van der Waals surface area (Å²) in [6, 6.07) is 2.58. The maximum absolute atomic E-state index is 14.2. The largest absolute Gasteiger partial charge is 0.495 e. The molecule has 4 bridgehead atoms. The highest BCUT2D eigenvalue weighted by molar-refractivity contribution is 8.76. The third-order valence-corrected chi connectivity index (χ3v) is 13.6. The van der Waals surface area contributed by atoms with E-state index < -0.39 is 65.7 Å². The van der Waals surface area contributed by atoms with Crippen LogP contribution in [0.2, 0.25) is 5.02 Å². The van der Waals surface area contributed by atoms with Crippen molar-refractivity contribution in [1.29, 1.82) is 0 Å². The summed E-state index contributed by atoms with van der Waals surface area (Å²) in [5.41, 5.74) is -0.957. The zero-order chi connectivity index (χ0) is 42.2. The van der Waals surface area contributed by atoms with Crippen LogP contribution >= 0.6 is 33.2 Å². The molecule has 2 N–H and O–H groups in total. The minimum absolute atomic E-state index is 0.0587. The molecule has 1 aromatic carbocycles. The van der Waals surface area contributed by atoms with E-state index in [1.165, 1.54) is 41.9 Å². The van der Waals surface area contributed by atoms with E-state index in [0.717, 1.165) is 23.3 Å². The van der Waals surface area contributed by atoms with Crippen LogP contribution in [0, 0.1) is 5.92 Å². The zero-order valence-electron chi connectivity index (χ0n) is 34.1. The van der Waals surface area contributed by atoms with E-state index in [1.54, 1.807) is 69.8 Å². The molecular formula is C40H56ClN3O11S2. The summed E-state index contributed by atoms with van der Waals surface area (Å²) in [7, 11) is 9.14. The van der Waals surface area contributed by atoms with Crippen molar-refractivity contribution in [3.05, 3.63) is 46.5 Å². The predicted molar refractivity (Wildman–Crippen MR) is 220 cm³/mol. The fourth-order valence-electron chi connectivity index (χ4n) is 7.02. The lowest BCUT2D eigenvalue weighted by atomic mass is 9.83. The Morgan fingerprint density at radius 1 is 1.18 bits per heavy atom. The number of allylic oxidation sites excluding steroid dienone is 3. The molecule has 316 valence electrons. The second-order valence-corrected chi connectivity index (χ2v) is 18.2. The molecule has 8 atom stereocenters. The number of alkyl carbamates (subject to hydrolysis) is 1. The van der Waals surface area contributed by atoms with E-state index in [2.05, 4.69) is 5.32 Å². The van der Waals surface area contributed by atoms with Gasteiger partial charge in [0, 0.05) is 57.9 Å². The number of hydrogen-bond donors (Lipinski definition) is 2. The topological polar surface area (TPSA) is 174 Å². The molecule has 3 amide bonds. The standard InChI is InChI=1S/C40H56ClN3O11S2/c1-23-12-10-14-31(52-9)40(50)22-30(53-38(49)42-40)25(3)36-39(5,55-36)32(21-34(47)44(7)28-19-27(18-23)20-29(51-8)35(28)41)54-37(48)26(4)43(6)33(46)15-17-57-56-16-11-13-24(2)45/h10,12,14,19-20,25-26,30-32,36,50H,11,13,15-18,21-22H2,1-9H3,(H,42,49)/b14-10+,23-12+/t25-,26+,30+,31-,32+,36+,39+,40+/m0/s1. The number of esters is 1. The van der Waals surface area contributed by atoms with E-state index in [1.807, 2.05) is 13.0 Å². The predicted octanol–water partition coefficient (Wildman–Crippen LogP) is 5.66. The van der Waals surface area contributed by atoms with Gasteiger partial charge in [0.05, 0.1) is 25.3 Å². The summed E-state index contributed by atoms with van der Waals surface area (Å²) in [6.45, 7) is 8.55. The average Bonchev–Trinajstić information content (AvgIpc) is 3.86. The fourth-order valence-corrected chi connectivity index (χ4v) is 9.40. The zero-order valence-corrected chi connectivity index (χ0v) is 36.5. The second kappa shape index (κ2) is 20.1. The van der Waals surface area contributed by atoms with Crippen molar-refractivity contribution < 1.29 is 52.8 Å². The molecule has 0 saturated carbocycles. The van der Waals surface area contributed by atoms with Gasteiger partial charge in [-0.05, 0) is 58.2 Å². The Hall–Kier alpha value is -3.28. The molecule has 0 radical (unpaired) electrons. The number of amides is 3. The number of benzene rings is 1. The van der Waals surface area contributed by atoms with E-state index in [0.29, 0.717) is 30.0 Å². The van der Waals surface area contributed by atoms with Crippen LogP contribution in [0.5, 0.6) is 5.75 Å². The van der Waals surface area contributed by atoms with Crippen LogP contribution in [0.3, 0.4) is 0 Å². The van der Waals surface area contributed by atoms with Gasteiger partial charge >= 0.3 is 12.1 Å². The highest BCUT2D eigenvalue weighted by Gasteiger charge is 2.64. The molecule has 2 saturated heterocycles. The van der Waals surface area contributed by atoms with E-state index in [4.69, 9.17) is 35.3 Å². The molecule has 0 aromatic heterocycles. The first-order valence-corrected chi connectivity index (χ1v) is 21.8. The third-order valence-electron chi connectivity index (χ3n) is 10.8. The second-order valence-electron chi connectivity index (χ2n) is 15.1. The van der Waals surface area contributed by atoms with Crippen molar-refractivity contribution >= 4 is 68.5 Å². The number of epoxide rings is 1. The van der Waals surface area contributed by atoms with Crippen molar-refractivity contribution in [2.75, 3.05) is 44.7 Å². The molecule has 4 rings (SSSR count). The van der Waals surface area contributed by atoms with Gasteiger partial charge in [0.1, 0.15) is 46.5 Å². The number of fused-ring (bicyclic) bond motifs is 5. The molecule has 3 heterocycles. The van der Waals surface area contributed by atoms with Crippen molar-refractivity contribution in [1.82, 2.24) is 10.2 Å². The Morgan fingerprint density at radius 3 is 2.54 bits per heavy atom. The van der Waals surface area contributed by atoms with E-state index in [-0.39, 0.29) is 36.0 Å². The number of nitrogens with one attached hydrogen (secondary N) is 1. The number of likely N-dealkylation sites (N-methyl/N-ethyl adjacent to an activating group) is 1. The summed E-state index contributed by atoms with van der Waals surface area (Å²) < 4.78 is 29.3. The number of rotatable bonds is 13. The van der Waals surface area contributed by atoms with Crippen molar-refractivity contribution in [3.8, 4) is 5.75 Å². The normalized spacial score (nSPS) is 29.8. The van der Waals surface area contributed by atoms with Crippen molar-refractivity contribution in [2.24, 2.45) is 5.92 Å². The maximum Gasteiger partial charge on any atom is 0.409 e. The lowest BCUT2D eigenvalue weighted by Crippen LogP contribution is -2.63. The van der Waals surface area contributed by atoms with Crippen LogP contribution in [0.25, 0.3) is 0 Å². The summed E-state index contributed by atoms with van der Waals surface area (Å²) in [5, 5.41) is 14.5. The van der Waals surface area contributed by atoms with Crippen LogP contribution in [0.1, 0.15) is 72.3 Å². The van der Waals surface area contributed by atoms with E-state index in [9.17, 15) is 29.1 Å². The monoisotopic (exact) mass is 853 g/mol. The first kappa shape index (κ1) is 46.4. The smallest absolute Gasteiger partial charge is 0.409 e. The Labute approximate surface area is 348 Å². The third kappa shape index (κ3) is 11.7. The van der Waals surface area contributed by atoms with Crippen molar-refractivity contribution in [3.63, 3.8) is 0 Å². The lowest BCUT2D eigenvalue weighted by Gasteiger charge is -2.42. The van der Waals surface area contributed by atoms with Gasteiger partial charge in [0.15, 0.2) is 5.72 Å². The van der Waals surface area contributed by atoms with Gasteiger partial charge in [-0.25, -0.2) is 9.59 Å². The molecule has 2 fully saturated rings. The van der Waals surface area contributed by atoms with Crippen LogP contribution < -0.4 is 15.0 Å². The quantitative estimate of drug-likeness (QED) is 0.108. The molecule has 0 unspecified atom stereocenters. The highest BCUT2D eigenvalue weighted by Crippen LogP contribution is 2.49. The Morgan fingerprint density at radius 2 is 1.88 bits per heavy atom. The summed E-state index contributed by atoms with van der Waals surface area (Å²) in [4.78, 5) is 67.9. The summed E-state index contributed by atoms with van der Waals surface area (Å²) in [6.07, 6.45) is 2.33. The first-order valence-electron chi connectivity index (χ1n) is 18.9.